The highest BCUT2D eigenvalue weighted by molar-refractivity contribution is 5.27. The molecule has 106 valence electrons. The zero-order chi connectivity index (χ0) is 13.7. The second kappa shape index (κ2) is 7.06. The zero-order valence-corrected chi connectivity index (χ0v) is 12.7. The van der Waals surface area contributed by atoms with Crippen molar-refractivity contribution < 1.29 is 0 Å². The number of hydrogen-bond acceptors (Lipinski definition) is 2. The zero-order valence-electron chi connectivity index (χ0n) is 12.7. The Kier molecular flexibility index (Phi) is 5.41. The smallest absolute Gasteiger partial charge is 0.0239 e. The third-order valence-corrected chi connectivity index (χ3v) is 4.23. The van der Waals surface area contributed by atoms with E-state index in [4.69, 9.17) is 0 Å². The van der Waals surface area contributed by atoms with Crippen LogP contribution in [0.5, 0.6) is 0 Å². The van der Waals surface area contributed by atoms with E-state index >= 15 is 0 Å². The van der Waals surface area contributed by atoms with Crippen LogP contribution in [0, 0.1) is 5.92 Å². The number of rotatable bonds is 6. The Morgan fingerprint density at radius 2 is 1.95 bits per heavy atom. The van der Waals surface area contributed by atoms with Crippen molar-refractivity contribution in [1.29, 1.82) is 0 Å². The van der Waals surface area contributed by atoms with Gasteiger partial charge in [-0.3, -0.25) is 4.90 Å². The molecule has 1 aromatic carbocycles. The Bertz CT molecular complexity index is 389. The van der Waals surface area contributed by atoms with Crippen LogP contribution in [0.4, 0.5) is 0 Å². The van der Waals surface area contributed by atoms with E-state index in [2.05, 4.69) is 55.3 Å². The van der Waals surface area contributed by atoms with Crippen molar-refractivity contribution in [2.75, 3.05) is 19.6 Å². The molecule has 0 amide bonds. The van der Waals surface area contributed by atoms with Gasteiger partial charge in [0.25, 0.3) is 0 Å². The van der Waals surface area contributed by atoms with E-state index in [0.29, 0.717) is 0 Å². The first kappa shape index (κ1) is 14.5. The molecule has 1 fully saturated rings. The summed E-state index contributed by atoms with van der Waals surface area (Å²) in [7, 11) is 0. The van der Waals surface area contributed by atoms with E-state index in [-0.39, 0.29) is 0 Å². The van der Waals surface area contributed by atoms with Gasteiger partial charge in [-0.1, -0.05) is 38.1 Å². The second-order valence-corrected chi connectivity index (χ2v) is 5.99. The fourth-order valence-electron chi connectivity index (χ4n) is 3.18. The SMILES string of the molecule is CCNCCc1ccccc1CN1CC(C)CC1C. The van der Waals surface area contributed by atoms with Crippen molar-refractivity contribution in [3.05, 3.63) is 35.4 Å². The maximum absolute atomic E-state index is 3.42. The summed E-state index contributed by atoms with van der Waals surface area (Å²) in [5.41, 5.74) is 3.02. The molecule has 2 rings (SSSR count). The van der Waals surface area contributed by atoms with Crippen LogP contribution >= 0.6 is 0 Å². The van der Waals surface area contributed by atoms with Gasteiger partial charge in [0.1, 0.15) is 0 Å². The summed E-state index contributed by atoms with van der Waals surface area (Å²) in [5, 5.41) is 3.42. The predicted molar refractivity (Wildman–Crippen MR) is 82.3 cm³/mol. The lowest BCUT2D eigenvalue weighted by Crippen LogP contribution is -2.27. The van der Waals surface area contributed by atoms with Crippen molar-refractivity contribution in [2.45, 2.75) is 46.2 Å². The largest absolute Gasteiger partial charge is 0.317 e. The molecule has 2 unspecified atom stereocenters. The summed E-state index contributed by atoms with van der Waals surface area (Å²) in [5.74, 6) is 0.851. The molecule has 19 heavy (non-hydrogen) atoms. The van der Waals surface area contributed by atoms with Gasteiger partial charge in [0.2, 0.25) is 0 Å². The first-order valence-corrected chi connectivity index (χ1v) is 7.72. The lowest BCUT2D eigenvalue weighted by Gasteiger charge is -2.22. The normalized spacial score (nSPS) is 23.9. The van der Waals surface area contributed by atoms with E-state index < -0.39 is 0 Å². The van der Waals surface area contributed by atoms with Gasteiger partial charge < -0.3 is 5.32 Å². The van der Waals surface area contributed by atoms with Crippen molar-refractivity contribution in [3.63, 3.8) is 0 Å². The highest BCUT2D eigenvalue weighted by Gasteiger charge is 2.26. The number of nitrogens with zero attached hydrogens (tertiary/aromatic N) is 1. The molecular weight excluding hydrogens is 232 g/mol. The Hall–Kier alpha value is -0.860. The molecule has 1 N–H and O–H groups in total. The Morgan fingerprint density at radius 3 is 2.58 bits per heavy atom. The van der Waals surface area contributed by atoms with Crippen molar-refractivity contribution in [2.24, 2.45) is 5.92 Å². The van der Waals surface area contributed by atoms with E-state index in [0.717, 1.165) is 38.0 Å². The molecule has 0 spiro atoms. The van der Waals surface area contributed by atoms with Crippen LogP contribution in [-0.2, 0) is 13.0 Å². The van der Waals surface area contributed by atoms with Crippen LogP contribution in [0.15, 0.2) is 24.3 Å². The summed E-state index contributed by atoms with van der Waals surface area (Å²) in [6.45, 7) is 11.4. The average Bonchev–Trinajstić information content (AvgIpc) is 2.70. The highest BCUT2D eigenvalue weighted by Crippen LogP contribution is 2.25. The van der Waals surface area contributed by atoms with Gasteiger partial charge in [0.15, 0.2) is 0 Å². The summed E-state index contributed by atoms with van der Waals surface area (Å²) < 4.78 is 0. The molecule has 1 aliphatic heterocycles. The van der Waals surface area contributed by atoms with Crippen molar-refractivity contribution in [1.82, 2.24) is 10.2 Å². The Labute approximate surface area is 118 Å². The van der Waals surface area contributed by atoms with Crippen molar-refractivity contribution >= 4 is 0 Å². The van der Waals surface area contributed by atoms with Crippen LogP contribution in [0.25, 0.3) is 0 Å². The standard InChI is InChI=1S/C17H28N2/c1-4-18-10-9-16-7-5-6-8-17(16)13-19-12-14(2)11-15(19)3/h5-8,14-15,18H,4,9-13H2,1-3H3. The van der Waals surface area contributed by atoms with Gasteiger partial charge in [0, 0.05) is 19.1 Å². The van der Waals surface area contributed by atoms with Gasteiger partial charge in [-0.2, -0.15) is 0 Å². The third kappa shape index (κ3) is 4.05. The molecule has 1 saturated heterocycles. The van der Waals surface area contributed by atoms with Crippen LogP contribution in [0.2, 0.25) is 0 Å². The number of likely N-dealkylation sites (N-methyl/N-ethyl adjacent to an activating group) is 1. The fourth-order valence-corrected chi connectivity index (χ4v) is 3.18. The maximum atomic E-state index is 3.42. The van der Waals surface area contributed by atoms with Crippen LogP contribution < -0.4 is 5.32 Å². The number of benzene rings is 1. The molecule has 1 aliphatic rings. The summed E-state index contributed by atoms with van der Waals surface area (Å²) in [6, 6.07) is 9.67. The summed E-state index contributed by atoms with van der Waals surface area (Å²) in [4.78, 5) is 2.64. The maximum Gasteiger partial charge on any atom is 0.0239 e. The quantitative estimate of drug-likeness (QED) is 0.791. The first-order chi connectivity index (χ1) is 9.20. The number of likely N-dealkylation sites (tertiary alicyclic amines) is 1. The highest BCUT2D eigenvalue weighted by atomic mass is 15.2. The van der Waals surface area contributed by atoms with Crippen LogP contribution in [0.3, 0.4) is 0 Å². The Morgan fingerprint density at radius 1 is 1.21 bits per heavy atom. The van der Waals surface area contributed by atoms with Crippen LogP contribution in [0.1, 0.15) is 38.3 Å². The molecule has 0 aliphatic carbocycles. The van der Waals surface area contributed by atoms with Gasteiger partial charge in [0.05, 0.1) is 0 Å². The predicted octanol–water partition coefficient (Wildman–Crippen LogP) is 3.07. The fraction of sp³-hybridized carbons (Fsp3) is 0.647. The van der Waals surface area contributed by atoms with E-state index in [1.807, 2.05) is 0 Å². The number of nitrogens with one attached hydrogen (secondary N) is 1. The van der Waals surface area contributed by atoms with Gasteiger partial charge in [-0.25, -0.2) is 0 Å². The molecule has 0 aromatic heterocycles. The van der Waals surface area contributed by atoms with Gasteiger partial charge in [-0.15, -0.1) is 0 Å². The monoisotopic (exact) mass is 260 g/mol. The minimum Gasteiger partial charge on any atom is -0.317 e. The average molecular weight is 260 g/mol. The number of hydrogen-bond donors (Lipinski definition) is 1. The Balaban J connectivity index is 1.99. The second-order valence-electron chi connectivity index (χ2n) is 5.99. The van der Waals surface area contributed by atoms with E-state index in [1.165, 1.54) is 24.1 Å². The minimum atomic E-state index is 0.733. The molecule has 1 aromatic rings. The van der Waals surface area contributed by atoms with Gasteiger partial charge >= 0.3 is 0 Å². The molecule has 0 saturated carbocycles. The molecule has 2 heteroatoms. The molecule has 2 nitrogen and oxygen atoms in total. The van der Waals surface area contributed by atoms with Gasteiger partial charge in [-0.05, 0) is 49.9 Å². The first-order valence-electron chi connectivity index (χ1n) is 7.72. The van der Waals surface area contributed by atoms with E-state index in [1.54, 1.807) is 0 Å². The molecule has 0 bridgehead atoms. The molecule has 2 atom stereocenters. The summed E-state index contributed by atoms with van der Waals surface area (Å²) >= 11 is 0. The minimum absolute atomic E-state index is 0.733. The molecule has 0 radical (unpaired) electrons. The van der Waals surface area contributed by atoms with Crippen molar-refractivity contribution in [3.8, 4) is 0 Å². The summed E-state index contributed by atoms with van der Waals surface area (Å²) in [6.07, 6.45) is 2.49. The third-order valence-electron chi connectivity index (χ3n) is 4.23. The topological polar surface area (TPSA) is 15.3 Å². The molecule has 1 heterocycles. The molecular formula is C17H28N2. The lowest BCUT2D eigenvalue weighted by molar-refractivity contribution is 0.256. The van der Waals surface area contributed by atoms with E-state index in [9.17, 15) is 0 Å². The van der Waals surface area contributed by atoms with Crippen LogP contribution in [-0.4, -0.2) is 30.6 Å². The lowest BCUT2D eigenvalue weighted by atomic mass is 10.0.